The van der Waals surface area contributed by atoms with Crippen LogP contribution < -0.4 is 5.32 Å². The summed E-state index contributed by atoms with van der Waals surface area (Å²) in [7, 11) is 4.04. The van der Waals surface area contributed by atoms with Crippen LogP contribution in [0.1, 0.15) is 90.7 Å². The summed E-state index contributed by atoms with van der Waals surface area (Å²) in [6.07, 6.45) is 10.9. The van der Waals surface area contributed by atoms with Gasteiger partial charge in [-0.2, -0.15) is 0 Å². The lowest BCUT2D eigenvalue weighted by atomic mass is 9.75. The molecule has 2 N–H and O–H groups in total. The maximum absolute atomic E-state index is 14.0. The number of nitrogens with one attached hydrogen (secondary N) is 1. The quantitative estimate of drug-likeness (QED) is 0.139. The summed E-state index contributed by atoms with van der Waals surface area (Å²) in [6, 6.07) is 13.9. The average Bonchev–Trinajstić information content (AvgIpc) is 3.73. The van der Waals surface area contributed by atoms with Crippen LogP contribution in [-0.2, 0) is 24.4 Å². The third-order valence-corrected chi connectivity index (χ3v) is 10.6. The molecule has 0 atom stereocenters. The number of carbonyl (C=O) groups excluding carboxylic acids is 1. The molecule has 2 fully saturated rings. The lowest BCUT2D eigenvalue weighted by Crippen LogP contribution is -2.52. The van der Waals surface area contributed by atoms with Crippen LogP contribution in [0.15, 0.2) is 54.2 Å². The van der Waals surface area contributed by atoms with Crippen molar-refractivity contribution in [2.24, 2.45) is 14.1 Å². The first-order valence-corrected chi connectivity index (χ1v) is 16.4. The smallest absolute Gasteiger partial charge is 0.331 e. The van der Waals surface area contributed by atoms with Gasteiger partial charge in [0.25, 0.3) is 5.91 Å². The van der Waals surface area contributed by atoms with Crippen molar-refractivity contribution in [2.45, 2.75) is 70.3 Å². The number of aryl methyl sites for hydroxylation is 3. The molecule has 0 spiro atoms. The van der Waals surface area contributed by atoms with E-state index < -0.39 is 11.5 Å². The van der Waals surface area contributed by atoms with E-state index in [1.807, 2.05) is 55.1 Å². The SMILES string of the molecule is CC(=Cc1ccc2nc(C3(NC(=O)c4ccc5c(C6CCCC6)c(-c6cnc(Cl)c(C)c6)n(C)c5c4)CCC3)n(C)c2c1)C(=O)O. The van der Waals surface area contributed by atoms with E-state index >= 15 is 0 Å². The fourth-order valence-electron chi connectivity index (χ4n) is 7.53. The number of hydrogen-bond donors (Lipinski definition) is 2. The number of aromatic nitrogens is 4. The fraction of sp³-hybridized carbons (Fsp3) is 0.351. The number of nitrogens with zero attached hydrogens (tertiary/aromatic N) is 4. The van der Waals surface area contributed by atoms with Crippen molar-refractivity contribution in [1.29, 1.82) is 0 Å². The lowest BCUT2D eigenvalue weighted by molar-refractivity contribution is -0.132. The summed E-state index contributed by atoms with van der Waals surface area (Å²) >= 11 is 6.30. The highest BCUT2D eigenvalue weighted by atomic mass is 35.5. The predicted octanol–water partition coefficient (Wildman–Crippen LogP) is 8.04. The Kier molecular flexibility index (Phi) is 7.51. The van der Waals surface area contributed by atoms with Gasteiger partial charge in [-0.05, 0) is 105 Å². The second-order valence-electron chi connectivity index (χ2n) is 13.1. The number of imidazole rings is 1. The molecule has 0 unspecified atom stereocenters. The van der Waals surface area contributed by atoms with Gasteiger partial charge in [0, 0.05) is 47.9 Å². The Morgan fingerprint density at radius 3 is 2.46 bits per heavy atom. The topological polar surface area (TPSA) is 102 Å². The summed E-state index contributed by atoms with van der Waals surface area (Å²) in [6.45, 7) is 3.56. The van der Waals surface area contributed by atoms with Crippen LogP contribution in [0.5, 0.6) is 0 Å². The molecule has 236 valence electrons. The third-order valence-electron chi connectivity index (χ3n) is 10.2. The largest absolute Gasteiger partial charge is 0.478 e. The normalized spacial score (nSPS) is 16.7. The molecule has 8 nitrogen and oxygen atoms in total. The molecule has 7 rings (SSSR count). The molecule has 0 bridgehead atoms. The predicted molar refractivity (Wildman–Crippen MR) is 182 cm³/mol. The van der Waals surface area contributed by atoms with E-state index in [1.165, 1.54) is 23.8 Å². The number of halogens is 1. The van der Waals surface area contributed by atoms with E-state index in [2.05, 4.69) is 34.0 Å². The number of pyridine rings is 1. The summed E-state index contributed by atoms with van der Waals surface area (Å²) in [5, 5.41) is 14.4. The Balaban J connectivity index is 1.25. The van der Waals surface area contributed by atoms with E-state index in [-0.39, 0.29) is 11.5 Å². The van der Waals surface area contributed by atoms with Gasteiger partial charge in [-0.15, -0.1) is 0 Å². The summed E-state index contributed by atoms with van der Waals surface area (Å²) in [5.41, 5.74) is 8.31. The van der Waals surface area contributed by atoms with Gasteiger partial charge >= 0.3 is 5.97 Å². The number of fused-ring (bicyclic) bond motifs is 2. The van der Waals surface area contributed by atoms with E-state index in [1.54, 1.807) is 13.0 Å². The minimum absolute atomic E-state index is 0.122. The molecule has 9 heteroatoms. The molecule has 2 saturated carbocycles. The Morgan fingerprint density at radius 2 is 1.78 bits per heavy atom. The van der Waals surface area contributed by atoms with Gasteiger partial charge in [-0.1, -0.05) is 36.6 Å². The third kappa shape index (κ3) is 4.99. The zero-order valence-corrected chi connectivity index (χ0v) is 27.4. The van der Waals surface area contributed by atoms with E-state index in [4.69, 9.17) is 16.6 Å². The van der Waals surface area contributed by atoms with Crippen LogP contribution in [0.3, 0.4) is 0 Å². The zero-order valence-electron chi connectivity index (χ0n) is 26.7. The van der Waals surface area contributed by atoms with E-state index in [0.29, 0.717) is 16.6 Å². The van der Waals surface area contributed by atoms with Gasteiger partial charge in [0.2, 0.25) is 0 Å². The Hall–Kier alpha value is -4.43. The maximum atomic E-state index is 14.0. The molecular formula is C37H38ClN5O3. The molecule has 1 amide bonds. The van der Waals surface area contributed by atoms with Gasteiger partial charge in [0.15, 0.2) is 0 Å². The molecule has 0 saturated heterocycles. The highest BCUT2D eigenvalue weighted by Crippen LogP contribution is 2.45. The first-order chi connectivity index (χ1) is 22.1. The Morgan fingerprint density at radius 1 is 1.02 bits per heavy atom. The van der Waals surface area contributed by atoms with Crippen LogP contribution >= 0.6 is 11.6 Å². The number of rotatable bonds is 7. The average molecular weight is 636 g/mol. The first kappa shape index (κ1) is 30.2. The molecule has 5 aromatic rings. The highest BCUT2D eigenvalue weighted by Gasteiger charge is 2.44. The van der Waals surface area contributed by atoms with Crippen molar-refractivity contribution in [3.05, 3.63) is 87.5 Å². The zero-order chi connectivity index (χ0) is 32.3. The second-order valence-corrected chi connectivity index (χ2v) is 13.5. The molecule has 2 aliphatic rings. The monoisotopic (exact) mass is 635 g/mol. The minimum Gasteiger partial charge on any atom is -0.478 e. The number of benzene rings is 2. The van der Waals surface area contributed by atoms with Crippen molar-refractivity contribution >= 4 is 51.5 Å². The molecule has 2 aliphatic carbocycles. The summed E-state index contributed by atoms with van der Waals surface area (Å²) in [4.78, 5) is 34.8. The maximum Gasteiger partial charge on any atom is 0.331 e. The van der Waals surface area contributed by atoms with Crippen LogP contribution in [0.4, 0.5) is 0 Å². The molecule has 3 heterocycles. The Labute approximate surface area is 273 Å². The van der Waals surface area contributed by atoms with Crippen molar-refractivity contribution in [1.82, 2.24) is 24.4 Å². The minimum atomic E-state index is -0.946. The summed E-state index contributed by atoms with van der Waals surface area (Å²) in [5.74, 6) is 0.214. The van der Waals surface area contributed by atoms with Gasteiger partial charge in [0.1, 0.15) is 11.0 Å². The molecule has 3 aromatic heterocycles. The van der Waals surface area contributed by atoms with Crippen LogP contribution in [0, 0.1) is 6.92 Å². The standard InChI is InChI=1S/C37H38ClN5O3/c1-21-17-26(20-39-33(21)38)32-31(24-8-5-6-9-24)27-12-11-25(19-29(27)42(32)3)34(44)41-37(14-7-15-37)36-40-28-13-10-23(16-22(2)35(45)46)18-30(28)43(36)4/h10-13,16-20,24H,5-9,14-15H2,1-4H3,(H,41,44)(H,45,46). The van der Waals surface area contributed by atoms with Gasteiger partial charge in [-0.25, -0.2) is 14.8 Å². The number of carbonyl (C=O) groups is 2. The molecule has 0 aliphatic heterocycles. The number of aliphatic carboxylic acids is 1. The fourth-order valence-corrected chi connectivity index (χ4v) is 7.64. The van der Waals surface area contributed by atoms with Gasteiger partial charge in [0.05, 0.1) is 22.3 Å². The Bertz CT molecular complexity index is 2080. The number of amides is 1. The van der Waals surface area contributed by atoms with E-state index in [9.17, 15) is 14.7 Å². The van der Waals surface area contributed by atoms with Crippen molar-refractivity contribution < 1.29 is 14.7 Å². The highest BCUT2D eigenvalue weighted by molar-refractivity contribution is 6.30. The number of carboxylic acids is 1. The molecule has 0 radical (unpaired) electrons. The van der Waals surface area contributed by atoms with Crippen molar-refractivity contribution in [3.8, 4) is 11.3 Å². The van der Waals surface area contributed by atoms with Gasteiger partial charge in [-0.3, -0.25) is 4.79 Å². The van der Waals surface area contributed by atoms with Crippen molar-refractivity contribution in [3.63, 3.8) is 0 Å². The number of carboxylic acid groups (broad SMARTS) is 1. The first-order valence-electron chi connectivity index (χ1n) is 16.0. The van der Waals surface area contributed by atoms with Crippen molar-refractivity contribution in [2.75, 3.05) is 0 Å². The van der Waals surface area contributed by atoms with E-state index in [0.717, 1.165) is 76.9 Å². The van der Waals surface area contributed by atoms with Crippen LogP contribution in [0.25, 0.3) is 39.3 Å². The summed E-state index contributed by atoms with van der Waals surface area (Å²) < 4.78 is 4.25. The second kappa shape index (κ2) is 11.4. The lowest BCUT2D eigenvalue weighted by Gasteiger charge is -2.41. The number of hydrogen-bond acceptors (Lipinski definition) is 4. The molecule has 46 heavy (non-hydrogen) atoms. The van der Waals surface area contributed by atoms with Crippen LogP contribution in [0.2, 0.25) is 5.15 Å². The molecule has 2 aromatic carbocycles. The van der Waals surface area contributed by atoms with Crippen LogP contribution in [-0.4, -0.2) is 36.1 Å². The molecular weight excluding hydrogens is 598 g/mol. The van der Waals surface area contributed by atoms with Gasteiger partial charge < -0.3 is 19.6 Å².